The molecular weight excluding hydrogens is 364 g/mol. The maximum Gasteiger partial charge on any atom is 0.222 e. The molecule has 0 radical (unpaired) electrons. The molecule has 0 N–H and O–H groups in total. The summed E-state index contributed by atoms with van der Waals surface area (Å²) in [7, 11) is 1.61. The predicted molar refractivity (Wildman–Crippen MR) is 114 cm³/mol. The normalized spacial score (nSPS) is 14.6. The van der Waals surface area contributed by atoms with Crippen molar-refractivity contribution in [1.82, 2.24) is 9.80 Å². The second kappa shape index (κ2) is 10.2. The average molecular weight is 395 g/mol. The van der Waals surface area contributed by atoms with Crippen molar-refractivity contribution < 1.29 is 14.3 Å². The van der Waals surface area contributed by atoms with Crippen LogP contribution in [0.1, 0.15) is 34.8 Å². The summed E-state index contributed by atoms with van der Waals surface area (Å²) >= 11 is 0. The molecule has 1 amide bonds. The van der Waals surface area contributed by atoms with E-state index in [-0.39, 0.29) is 11.7 Å². The number of methoxy groups -OCH3 is 1. The zero-order valence-corrected chi connectivity index (χ0v) is 17.4. The van der Waals surface area contributed by atoms with Crippen LogP contribution in [0.15, 0.2) is 48.5 Å². The van der Waals surface area contributed by atoms with Gasteiger partial charge in [0.1, 0.15) is 5.75 Å². The molecule has 0 saturated carbocycles. The van der Waals surface area contributed by atoms with Gasteiger partial charge in [-0.3, -0.25) is 14.5 Å². The molecule has 0 unspecified atom stereocenters. The number of hydrogen-bond donors (Lipinski definition) is 0. The van der Waals surface area contributed by atoms with Gasteiger partial charge in [0.2, 0.25) is 5.91 Å². The number of carbonyl (C=O) groups excluding carboxylic acids is 2. The maximum absolute atomic E-state index is 12.5. The summed E-state index contributed by atoms with van der Waals surface area (Å²) in [6.45, 7) is 5.37. The van der Waals surface area contributed by atoms with Crippen LogP contribution in [0, 0.1) is 0 Å². The minimum atomic E-state index is 0.1000. The van der Waals surface area contributed by atoms with Gasteiger partial charge in [0.25, 0.3) is 0 Å². The van der Waals surface area contributed by atoms with Crippen molar-refractivity contribution >= 4 is 11.7 Å². The molecule has 0 spiro atoms. The molecule has 0 atom stereocenters. The first-order valence-electron chi connectivity index (χ1n) is 10.3. The van der Waals surface area contributed by atoms with Crippen LogP contribution in [0.4, 0.5) is 0 Å². The van der Waals surface area contributed by atoms with E-state index in [1.165, 1.54) is 11.1 Å². The molecule has 2 aromatic rings. The smallest absolute Gasteiger partial charge is 0.222 e. The van der Waals surface area contributed by atoms with E-state index in [9.17, 15) is 9.59 Å². The molecular formula is C24H30N2O3. The zero-order valence-electron chi connectivity index (χ0n) is 17.4. The Morgan fingerprint density at radius 1 is 0.897 bits per heavy atom. The van der Waals surface area contributed by atoms with E-state index >= 15 is 0 Å². The van der Waals surface area contributed by atoms with Crippen LogP contribution in [0.5, 0.6) is 5.75 Å². The largest absolute Gasteiger partial charge is 0.497 e. The first kappa shape index (κ1) is 21.1. The number of piperazine rings is 1. The van der Waals surface area contributed by atoms with Gasteiger partial charge >= 0.3 is 0 Å². The van der Waals surface area contributed by atoms with Crippen LogP contribution in [-0.4, -0.2) is 61.3 Å². The Kier molecular flexibility index (Phi) is 7.42. The van der Waals surface area contributed by atoms with Crippen LogP contribution < -0.4 is 4.74 Å². The third-order valence-electron chi connectivity index (χ3n) is 5.56. The number of Topliss-reactive ketones (excluding diaryl/α,β-unsaturated/α-hetero) is 1. The molecule has 1 aliphatic heterocycles. The summed E-state index contributed by atoms with van der Waals surface area (Å²) in [5, 5.41) is 0. The highest BCUT2D eigenvalue weighted by atomic mass is 16.5. The van der Waals surface area contributed by atoms with Crippen molar-refractivity contribution in [3.05, 3.63) is 65.2 Å². The van der Waals surface area contributed by atoms with Crippen LogP contribution in [0.2, 0.25) is 0 Å². The number of ketones is 1. The van der Waals surface area contributed by atoms with Crippen molar-refractivity contribution in [3.8, 4) is 5.75 Å². The van der Waals surface area contributed by atoms with E-state index in [0.29, 0.717) is 31.6 Å². The number of nitrogens with zero attached hydrogens (tertiary/aromatic N) is 2. The Labute approximate surface area is 173 Å². The van der Waals surface area contributed by atoms with Gasteiger partial charge in [-0.25, -0.2) is 0 Å². The van der Waals surface area contributed by atoms with Gasteiger partial charge in [-0.1, -0.05) is 31.2 Å². The Hall–Kier alpha value is -2.66. The summed E-state index contributed by atoms with van der Waals surface area (Å²) in [5.41, 5.74) is 3.22. The monoisotopic (exact) mass is 394 g/mol. The van der Waals surface area contributed by atoms with Crippen LogP contribution in [0.25, 0.3) is 0 Å². The molecule has 0 bridgehead atoms. The number of amides is 1. The topological polar surface area (TPSA) is 49.9 Å². The molecule has 1 saturated heterocycles. The fourth-order valence-electron chi connectivity index (χ4n) is 3.58. The molecule has 1 fully saturated rings. The third-order valence-corrected chi connectivity index (χ3v) is 5.56. The molecule has 5 heteroatoms. The van der Waals surface area contributed by atoms with E-state index in [0.717, 1.165) is 31.7 Å². The zero-order chi connectivity index (χ0) is 20.6. The number of hydrogen-bond acceptors (Lipinski definition) is 4. The molecule has 2 aromatic carbocycles. The fourth-order valence-corrected chi connectivity index (χ4v) is 3.58. The summed E-state index contributed by atoms with van der Waals surface area (Å²) in [4.78, 5) is 29.1. The molecule has 1 heterocycles. The summed E-state index contributed by atoms with van der Waals surface area (Å²) in [5.74, 6) is 1.05. The lowest BCUT2D eigenvalue weighted by Gasteiger charge is -2.34. The van der Waals surface area contributed by atoms with E-state index in [1.54, 1.807) is 31.4 Å². The highest BCUT2D eigenvalue weighted by Crippen LogP contribution is 2.13. The number of aryl methyl sites for hydroxylation is 2. The molecule has 154 valence electrons. The summed E-state index contributed by atoms with van der Waals surface area (Å²) < 4.78 is 5.13. The molecule has 29 heavy (non-hydrogen) atoms. The average Bonchev–Trinajstić information content (AvgIpc) is 2.78. The molecule has 5 nitrogen and oxygen atoms in total. The number of carbonyl (C=O) groups is 2. The minimum Gasteiger partial charge on any atom is -0.497 e. The second-order valence-electron chi connectivity index (χ2n) is 7.48. The third kappa shape index (κ3) is 5.91. The van der Waals surface area contributed by atoms with E-state index in [4.69, 9.17) is 4.74 Å². The van der Waals surface area contributed by atoms with E-state index in [2.05, 4.69) is 36.1 Å². The van der Waals surface area contributed by atoms with Gasteiger partial charge in [-0.15, -0.1) is 0 Å². The summed E-state index contributed by atoms with van der Waals surface area (Å²) in [6, 6.07) is 15.7. The van der Waals surface area contributed by atoms with Gasteiger partial charge in [0.15, 0.2) is 5.78 Å². The SMILES string of the molecule is CCc1ccc(CCC(=O)N2CCN(CC(=O)c3ccc(OC)cc3)CC2)cc1. The number of rotatable bonds is 8. The number of benzene rings is 2. The Balaban J connectivity index is 1.41. The first-order chi connectivity index (χ1) is 14.1. The second-order valence-corrected chi connectivity index (χ2v) is 7.48. The molecule has 0 aliphatic carbocycles. The van der Waals surface area contributed by atoms with Crippen LogP contribution >= 0.6 is 0 Å². The van der Waals surface area contributed by atoms with Crippen molar-refractivity contribution in [2.45, 2.75) is 26.2 Å². The Morgan fingerprint density at radius 2 is 1.52 bits per heavy atom. The van der Waals surface area contributed by atoms with Gasteiger partial charge in [0, 0.05) is 38.2 Å². The Bertz CT molecular complexity index is 807. The quantitative estimate of drug-likeness (QED) is 0.645. The van der Waals surface area contributed by atoms with Crippen LogP contribution in [0.3, 0.4) is 0 Å². The van der Waals surface area contributed by atoms with Crippen molar-refractivity contribution in [2.24, 2.45) is 0 Å². The minimum absolute atomic E-state index is 0.1000. The van der Waals surface area contributed by atoms with Crippen molar-refractivity contribution in [1.29, 1.82) is 0 Å². The highest BCUT2D eigenvalue weighted by molar-refractivity contribution is 5.97. The lowest BCUT2D eigenvalue weighted by Crippen LogP contribution is -2.49. The van der Waals surface area contributed by atoms with Gasteiger partial charge in [-0.2, -0.15) is 0 Å². The number of ether oxygens (including phenoxy) is 1. The van der Waals surface area contributed by atoms with Crippen LogP contribution in [-0.2, 0) is 17.6 Å². The van der Waals surface area contributed by atoms with E-state index < -0.39 is 0 Å². The lowest BCUT2D eigenvalue weighted by molar-refractivity contribution is -0.132. The standard InChI is InChI=1S/C24H30N2O3/c1-3-19-4-6-20(7-5-19)8-13-24(28)26-16-14-25(15-17-26)18-23(27)21-9-11-22(29-2)12-10-21/h4-7,9-12H,3,8,13-18H2,1-2H3. The molecule has 1 aliphatic rings. The molecule has 0 aromatic heterocycles. The van der Waals surface area contributed by atoms with Crippen molar-refractivity contribution in [3.63, 3.8) is 0 Å². The first-order valence-corrected chi connectivity index (χ1v) is 10.3. The fraction of sp³-hybridized carbons (Fsp3) is 0.417. The lowest BCUT2D eigenvalue weighted by atomic mass is 10.1. The Morgan fingerprint density at radius 3 is 2.10 bits per heavy atom. The van der Waals surface area contributed by atoms with Crippen molar-refractivity contribution in [2.75, 3.05) is 39.8 Å². The van der Waals surface area contributed by atoms with Gasteiger partial charge < -0.3 is 9.64 Å². The van der Waals surface area contributed by atoms with E-state index in [1.807, 2.05) is 4.90 Å². The summed E-state index contributed by atoms with van der Waals surface area (Å²) in [6.07, 6.45) is 2.35. The molecule has 3 rings (SSSR count). The maximum atomic E-state index is 12.5. The highest BCUT2D eigenvalue weighted by Gasteiger charge is 2.22. The van der Waals surface area contributed by atoms with Gasteiger partial charge in [0.05, 0.1) is 13.7 Å². The predicted octanol–water partition coefficient (Wildman–Crippen LogP) is 3.22. The van der Waals surface area contributed by atoms with Gasteiger partial charge in [-0.05, 0) is 48.2 Å².